The number of carbonyl (C=O) groups excluding carboxylic acids is 3. The molecule has 60 heavy (non-hydrogen) atoms. The van der Waals surface area contributed by atoms with Gasteiger partial charge in [-0.1, -0.05) is 90.5 Å². The van der Waals surface area contributed by atoms with E-state index in [1.165, 1.54) is 0 Å². The van der Waals surface area contributed by atoms with Crippen molar-refractivity contribution in [3.05, 3.63) is 65.1 Å². The van der Waals surface area contributed by atoms with E-state index in [0.29, 0.717) is 31.8 Å². The summed E-state index contributed by atoms with van der Waals surface area (Å²) < 4.78 is 1.87. The number of thiazole rings is 1. The van der Waals surface area contributed by atoms with E-state index in [4.69, 9.17) is 4.98 Å². The van der Waals surface area contributed by atoms with Gasteiger partial charge in [0.1, 0.15) is 5.82 Å². The molecular weight excluding hydrogens is 773 g/mol. The zero-order valence-electron chi connectivity index (χ0n) is 36.5. The largest absolute Gasteiger partial charge is 0.393 e. The maximum absolute atomic E-state index is 14.1. The third kappa shape index (κ3) is 12.4. The number of nitrogens with one attached hydrogen (secondary N) is 4. The molecule has 0 spiro atoms. The molecule has 2 amide bonds. The van der Waals surface area contributed by atoms with Crippen LogP contribution in [0.15, 0.2) is 48.1 Å². The molecule has 3 aromatic heterocycles. The molecule has 3 heterocycles. The molecule has 13 heteroatoms. The minimum absolute atomic E-state index is 0.0267. The van der Waals surface area contributed by atoms with Gasteiger partial charge in [-0.25, -0.2) is 9.97 Å². The molecule has 6 atom stereocenters. The fourth-order valence-corrected chi connectivity index (χ4v) is 9.89. The summed E-state index contributed by atoms with van der Waals surface area (Å²) in [5.74, 6) is -0.0850. The van der Waals surface area contributed by atoms with Gasteiger partial charge in [0.05, 0.1) is 40.3 Å². The molecule has 6 rings (SSSR count). The van der Waals surface area contributed by atoms with Crippen molar-refractivity contribution in [2.45, 2.75) is 162 Å². The van der Waals surface area contributed by atoms with Crippen LogP contribution in [0.25, 0.3) is 16.1 Å². The Morgan fingerprint density at radius 1 is 0.933 bits per heavy atom. The smallest absolute Gasteiger partial charge is 0.224 e. The molecule has 1 unspecified atom stereocenters. The number of aryl methyl sites for hydroxylation is 2. The van der Waals surface area contributed by atoms with E-state index in [9.17, 15) is 19.5 Å². The van der Waals surface area contributed by atoms with Crippen molar-refractivity contribution in [3.8, 4) is 10.4 Å². The van der Waals surface area contributed by atoms with Gasteiger partial charge in [-0.05, 0) is 81.4 Å². The Morgan fingerprint density at radius 3 is 2.37 bits per heavy atom. The molecule has 4 aromatic rings. The fraction of sp³-hybridized carbons (Fsp3) is 0.617. The van der Waals surface area contributed by atoms with Crippen LogP contribution in [0.3, 0.4) is 0 Å². The van der Waals surface area contributed by atoms with Crippen molar-refractivity contribution in [2.24, 2.45) is 17.3 Å². The van der Waals surface area contributed by atoms with Crippen LogP contribution < -0.4 is 21.3 Å². The van der Waals surface area contributed by atoms with E-state index in [1.54, 1.807) is 17.5 Å². The number of ketones is 1. The summed E-state index contributed by atoms with van der Waals surface area (Å²) >= 11 is 1.61. The lowest BCUT2D eigenvalue weighted by molar-refractivity contribution is -0.135. The van der Waals surface area contributed by atoms with Crippen LogP contribution in [-0.4, -0.2) is 73.1 Å². The number of aromatic nitrogens is 4. The maximum atomic E-state index is 14.1. The molecule has 2 aliphatic rings. The number of nitrogens with zero attached hydrogens (tertiary/aromatic N) is 4. The van der Waals surface area contributed by atoms with Gasteiger partial charge < -0.3 is 26.4 Å². The highest BCUT2D eigenvalue weighted by atomic mass is 32.1. The standard InChI is InChI=1S/C47H68N8O4S/c1-6-14-34-26-41(55-40(52-34)22-24-51-55)53-35-20-21-36(25-35)54-42(57)15-12-10-8-7-9-11-13-23-48-45(47(3,4)5)43(58)38-27-37(56)28-39(38)46(59)49-29-32-16-18-33(19-17-32)44-31(2)50-30-60-44/h16-19,22,24,26,30,35-39,45,48,53,56H,6-15,20-21,23,25,27-29H2,1-5H3,(H,49,59)(H,54,57)/t35-,36-,37+,38?,39-,45-/m1/s1. The Hall–Kier alpha value is -4.20. The number of aliphatic hydroxyl groups excluding tert-OH is 1. The fourth-order valence-electron chi connectivity index (χ4n) is 9.08. The molecule has 0 radical (unpaired) electrons. The summed E-state index contributed by atoms with van der Waals surface area (Å²) in [5, 5.41) is 28.6. The minimum Gasteiger partial charge on any atom is -0.393 e. The molecule has 1 aromatic carbocycles. The molecule has 326 valence electrons. The lowest BCUT2D eigenvalue weighted by Crippen LogP contribution is -2.51. The summed E-state index contributed by atoms with van der Waals surface area (Å²) in [6.07, 6.45) is 14.5. The third-order valence-electron chi connectivity index (χ3n) is 12.3. The summed E-state index contributed by atoms with van der Waals surface area (Å²) in [7, 11) is 0. The van der Waals surface area contributed by atoms with Gasteiger partial charge in [-0.2, -0.15) is 9.61 Å². The molecular formula is C47H68N8O4S. The van der Waals surface area contributed by atoms with E-state index in [2.05, 4.69) is 65.1 Å². The van der Waals surface area contributed by atoms with Crippen molar-refractivity contribution in [1.82, 2.24) is 35.5 Å². The van der Waals surface area contributed by atoms with Gasteiger partial charge in [-0.3, -0.25) is 14.4 Å². The van der Waals surface area contributed by atoms with E-state index in [-0.39, 0.29) is 29.1 Å². The lowest BCUT2D eigenvalue weighted by atomic mass is 9.77. The second-order valence-corrected chi connectivity index (χ2v) is 19.2. The second kappa shape index (κ2) is 21.5. The summed E-state index contributed by atoms with van der Waals surface area (Å²) in [5.41, 5.74) is 6.53. The number of amides is 2. The number of carbonyl (C=O) groups is 3. The highest BCUT2D eigenvalue weighted by Crippen LogP contribution is 2.37. The predicted molar refractivity (Wildman–Crippen MR) is 240 cm³/mol. The number of unbranched alkanes of at least 4 members (excludes halogenated alkanes) is 6. The summed E-state index contributed by atoms with van der Waals surface area (Å²) in [6.45, 7) is 11.4. The monoisotopic (exact) mass is 841 g/mol. The third-order valence-corrected chi connectivity index (χ3v) is 13.3. The van der Waals surface area contributed by atoms with Crippen LogP contribution >= 0.6 is 11.3 Å². The summed E-state index contributed by atoms with van der Waals surface area (Å²) in [4.78, 5) is 50.5. The molecule has 12 nitrogen and oxygen atoms in total. The Kier molecular flexibility index (Phi) is 16.3. The van der Waals surface area contributed by atoms with Crippen LogP contribution in [0.4, 0.5) is 5.82 Å². The first kappa shape index (κ1) is 45.3. The number of hydrogen-bond donors (Lipinski definition) is 5. The Balaban J connectivity index is 0.838. The Labute approximate surface area is 360 Å². The number of anilines is 1. The van der Waals surface area contributed by atoms with Gasteiger partial charge in [-0.15, -0.1) is 11.3 Å². The number of benzene rings is 1. The molecule has 0 bridgehead atoms. The molecule has 0 saturated heterocycles. The van der Waals surface area contributed by atoms with Crippen LogP contribution in [-0.2, 0) is 27.3 Å². The zero-order chi connectivity index (χ0) is 42.6. The van der Waals surface area contributed by atoms with E-state index in [1.807, 2.05) is 47.3 Å². The lowest BCUT2D eigenvalue weighted by Gasteiger charge is -2.33. The van der Waals surface area contributed by atoms with Gasteiger partial charge in [0.2, 0.25) is 11.8 Å². The molecule has 2 aliphatic carbocycles. The van der Waals surface area contributed by atoms with Crippen molar-refractivity contribution in [3.63, 3.8) is 0 Å². The summed E-state index contributed by atoms with van der Waals surface area (Å²) in [6, 6.07) is 12.3. The van der Waals surface area contributed by atoms with E-state index in [0.717, 1.165) is 122 Å². The first-order chi connectivity index (χ1) is 28.9. The van der Waals surface area contributed by atoms with Crippen molar-refractivity contribution < 1.29 is 19.5 Å². The van der Waals surface area contributed by atoms with Gasteiger partial charge in [0.25, 0.3) is 0 Å². The number of hydrogen-bond acceptors (Lipinski definition) is 10. The normalized spacial score (nSPS) is 21.0. The van der Waals surface area contributed by atoms with Gasteiger partial charge in [0, 0.05) is 48.8 Å². The van der Waals surface area contributed by atoms with Crippen LogP contribution in [0, 0.1) is 24.2 Å². The zero-order valence-corrected chi connectivity index (χ0v) is 37.3. The van der Waals surface area contributed by atoms with E-state index < -0.39 is 24.0 Å². The van der Waals surface area contributed by atoms with Crippen LogP contribution in [0.2, 0.25) is 0 Å². The molecule has 2 fully saturated rings. The van der Waals surface area contributed by atoms with Crippen LogP contribution in [0.5, 0.6) is 0 Å². The first-order valence-electron chi connectivity index (χ1n) is 22.5. The molecule has 5 N–H and O–H groups in total. The predicted octanol–water partition coefficient (Wildman–Crippen LogP) is 7.96. The highest BCUT2D eigenvalue weighted by Gasteiger charge is 2.46. The quantitative estimate of drug-likeness (QED) is 0.0495. The average molecular weight is 841 g/mol. The van der Waals surface area contributed by atoms with Crippen LogP contribution in [0.1, 0.15) is 135 Å². The minimum atomic E-state index is -0.665. The average Bonchev–Trinajstić information content (AvgIpc) is 4.04. The SMILES string of the molecule is CCCc1cc(N[C@@H]2CC[C@@H](NC(=O)CCCCCCCCCN[C@H](C(=O)C3C[C@H](O)C[C@H]3C(=O)NCc3ccc(-c4scnc4C)cc3)C(C)(C)C)C2)n2nccc2n1. The van der Waals surface area contributed by atoms with E-state index >= 15 is 0 Å². The highest BCUT2D eigenvalue weighted by molar-refractivity contribution is 7.13. The maximum Gasteiger partial charge on any atom is 0.224 e. The topological polar surface area (TPSA) is 163 Å². The van der Waals surface area contributed by atoms with Crippen molar-refractivity contribution >= 4 is 40.4 Å². The number of rotatable bonds is 22. The number of aliphatic hydroxyl groups is 1. The number of fused-ring (bicyclic) bond motifs is 1. The molecule has 2 saturated carbocycles. The molecule has 0 aliphatic heterocycles. The first-order valence-corrected chi connectivity index (χ1v) is 23.4. The van der Waals surface area contributed by atoms with Gasteiger partial charge in [0.15, 0.2) is 11.4 Å². The van der Waals surface area contributed by atoms with Crippen molar-refractivity contribution in [1.29, 1.82) is 0 Å². The Bertz CT molecular complexity index is 2010. The number of Topliss-reactive ketones (excluding diaryl/α,β-unsaturated/α-hetero) is 1. The Morgan fingerprint density at radius 2 is 1.65 bits per heavy atom. The van der Waals surface area contributed by atoms with Gasteiger partial charge >= 0.3 is 0 Å². The van der Waals surface area contributed by atoms with Crippen molar-refractivity contribution in [2.75, 3.05) is 11.9 Å². The second-order valence-electron chi connectivity index (χ2n) is 18.3.